The van der Waals surface area contributed by atoms with E-state index in [1.807, 2.05) is 29.5 Å². The zero-order valence-electron chi connectivity index (χ0n) is 30.9. The number of aromatic nitrogens is 4. The van der Waals surface area contributed by atoms with E-state index in [0.717, 1.165) is 39.0 Å². The first-order valence-electron chi connectivity index (χ1n) is 19.3. The molecule has 12 rings (SSSR count). The van der Waals surface area contributed by atoms with E-state index in [2.05, 4.69) is 164 Å². The Morgan fingerprint density at radius 3 is 1.76 bits per heavy atom. The highest BCUT2D eigenvalue weighted by atomic mass is 32.1. The summed E-state index contributed by atoms with van der Waals surface area (Å²) in [5.74, 6) is 1.96. The normalized spacial score (nSPS) is 11.8. The number of benzene rings is 8. The Balaban J connectivity index is 1.05. The average Bonchev–Trinajstić information content (AvgIpc) is 3.88. The topological polar surface area (TPSA) is 51.6 Å². The van der Waals surface area contributed by atoms with Gasteiger partial charge in [0, 0.05) is 78.8 Å². The summed E-state index contributed by atoms with van der Waals surface area (Å²) < 4.78 is 4.99. The predicted octanol–water partition coefficient (Wildman–Crippen LogP) is 14.6. The van der Waals surface area contributed by atoms with E-state index >= 15 is 0 Å². The molecule has 4 aromatic heterocycles. The molecule has 270 valence electrons. The Hall–Kier alpha value is -7.12. The molecular formula is C52H30N4S2. The van der Waals surface area contributed by atoms with Gasteiger partial charge in [-0.1, -0.05) is 158 Å². The predicted molar refractivity (Wildman–Crippen MR) is 246 cm³/mol. The SMILES string of the molecule is c1ccc(-c2nc(-c3cccc(-c4cccc5c4sc4c5ccc5c(-c6ccccc6)nc6ccccc6c54)c3)nc(-c3cccc4sc5ccccc5c34)n2)cc1. The first kappa shape index (κ1) is 33.1. The van der Waals surface area contributed by atoms with Crippen molar-refractivity contribution in [3.8, 4) is 56.5 Å². The van der Waals surface area contributed by atoms with Crippen molar-refractivity contribution in [3.63, 3.8) is 0 Å². The smallest absolute Gasteiger partial charge is 0.164 e. The standard InChI is InChI=1S/C52H30N4S2/c1-3-14-31(15-4-1)47-40-29-28-37-36-23-12-22-35(48(36)58-49(37)46(40)38-20-7-9-25-42(38)53-47)33-18-11-19-34(30-33)51-54-50(32-16-5-2-6-17-32)55-52(56-51)41-24-13-27-44-45(41)39-21-8-10-26-43(39)57-44/h1-30H. The number of thiophene rings is 2. The van der Waals surface area contributed by atoms with Gasteiger partial charge in [-0.15, -0.1) is 22.7 Å². The molecule has 58 heavy (non-hydrogen) atoms. The van der Waals surface area contributed by atoms with E-state index < -0.39 is 0 Å². The molecule has 0 unspecified atom stereocenters. The molecule has 0 aliphatic rings. The number of hydrogen-bond donors (Lipinski definition) is 0. The third-order valence-corrected chi connectivity index (χ3v) is 13.5. The van der Waals surface area contributed by atoms with Crippen LogP contribution in [0.1, 0.15) is 0 Å². The highest BCUT2D eigenvalue weighted by Crippen LogP contribution is 2.46. The van der Waals surface area contributed by atoms with E-state index in [1.165, 1.54) is 62.1 Å². The third kappa shape index (κ3) is 5.27. The van der Waals surface area contributed by atoms with Crippen molar-refractivity contribution in [3.05, 3.63) is 182 Å². The molecule has 0 N–H and O–H groups in total. The van der Waals surface area contributed by atoms with Gasteiger partial charge in [0.1, 0.15) is 0 Å². The molecule has 0 bridgehead atoms. The van der Waals surface area contributed by atoms with Crippen molar-refractivity contribution in [2.75, 3.05) is 0 Å². The van der Waals surface area contributed by atoms with E-state index in [4.69, 9.17) is 19.9 Å². The molecule has 0 aliphatic carbocycles. The summed E-state index contributed by atoms with van der Waals surface area (Å²) in [6, 6.07) is 64.2. The Morgan fingerprint density at radius 1 is 0.310 bits per heavy atom. The van der Waals surface area contributed by atoms with Crippen LogP contribution < -0.4 is 0 Å². The first-order chi connectivity index (χ1) is 28.7. The van der Waals surface area contributed by atoms with Gasteiger partial charge < -0.3 is 0 Å². The van der Waals surface area contributed by atoms with Crippen molar-refractivity contribution in [1.29, 1.82) is 0 Å². The number of fused-ring (bicyclic) bond motifs is 10. The second-order valence-corrected chi connectivity index (χ2v) is 16.6. The maximum Gasteiger partial charge on any atom is 0.164 e. The van der Waals surface area contributed by atoms with E-state index in [1.54, 1.807) is 11.3 Å². The summed E-state index contributed by atoms with van der Waals surface area (Å²) in [6.45, 7) is 0. The molecule has 0 aliphatic heterocycles. The fraction of sp³-hybridized carbons (Fsp3) is 0. The van der Waals surface area contributed by atoms with E-state index in [-0.39, 0.29) is 0 Å². The van der Waals surface area contributed by atoms with E-state index in [0.29, 0.717) is 17.5 Å². The quantitative estimate of drug-likeness (QED) is 0.163. The van der Waals surface area contributed by atoms with Crippen molar-refractivity contribution >= 4 is 84.7 Å². The zero-order valence-corrected chi connectivity index (χ0v) is 32.6. The van der Waals surface area contributed by atoms with Gasteiger partial charge in [-0.3, -0.25) is 0 Å². The van der Waals surface area contributed by atoms with Crippen LogP contribution >= 0.6 is 22.7 Å². The lowest BCUT2D eigenvalue weighted by atomic mass is 9.97. The molecule has 4 nitrogen and oxygen atoms in total. The fourth-order valence-corrected chi connectivity index (χ4v) is 11.0. The third-order valence-electron chi connectivity index (χ3n) is 11.1. The van der Waals surface area contributed by atoms with Gasteiger partial charge in [-0.25, -0.2) is 19.9 Å². The van der Waals surface area contributed by atoms with Gasteiger partial charge >= 0.3 is 0 Å². The largest absolute Gasteiger partial charge is 0.247 e. The average molecular weight is 775 g/mol. The molecule has 4 heterocycles. The second kappa shape index (κ2) is 13.2. The van der Waals surface area contributed by atoms with Gasteiger partial charge in [-0.2, -0.15) is 0 Å². The maximum atomic E-state index is 5.24. The molecule has 6 heteroatoms. The lowest BCUT2D eigenvalue weighted by molar-refractivity contribution is 1.08. The Bertz CT molecular complexity index is 3570. The number of nitrogens with zero attached hydrogens (tertiary/aromatic N) is 4. The fourth-order valence-electron chi connectivity index (χ4n) is 8.46. The van der Waals surface area contributed by atoms with Crippen LogP contribution in [-0.2, 0) is 0 Å². The molecule has 0 saturated carbocycles. The van der Waals surface area contributed by atoms with Gasteiger partial charge in [0.2, 0.25) is 0 Å². The van der Waals surface area contributed by atoms with Gasteiger partial charge in [0.25, 0.3) is 0 Å². The molecule has 0 spiro atoms. The van der Waals surface area contributed by atoms with Crippen LogP contribution in [0.15, 0.2) is 182 Å². The van der Waals surface area contributed by atoms with Crippen LogP contribution in [0.3, 0.4) is 0 Å². The van der Waals surface area contributed by atoms with Crippen LogP contribution in [0.25, 0.3) is 119 Å². The summed E-state index contributed by atoms with van der Waals surface area (Å²) in [5.41, 5.74) is 8.33. The van der Waals surface area contributed by atoms with Gasteiger partial charge in [-0.05, 0) is 35.4 Å². The Morgan fingerprint density at radius 2 is 0.897 bits per heavy atom. The number of hydrogen-bond acceptors (Lipinski definition) is 6. The Kier molecular flexibility index (Phi) is 7.55. The van der Waals surface area contributed by atoms with Crippen molar-refractivity contribution in [2.45, 2.75) is 0 Å². The van der Waals surface area contributed by atoms with Crippen LogP contribution in [-0.4, -0.2) is 19.9 Å². The Labute approximate surface area is 341 Å². The van der Waals surface area contributed by atoms with Crippen molar-refractivity contribution in [1.82, 2.24) is 19.9 Å². The summed E-state index contributed by atoms with van der Waals surface area (Å²) in [7, 11) is 0. The van der Waals surface area contributed by atoms with Crippen LogP contribution in [0.2, 0.25) is 0 Å². The van der Waals surface area contributed by atoms with Gasteiger partial charge in [0.05, 0.1) is 11.2 Å². The lowest BCUT2D eigenvalue weighted by Gasteiger charge is -2.11. The van der Waals surface area contributed by atoms with Crippen LogP contribution in [0.4, 0.5) is 0 Å². The highest BCUT2D eigenvalue weighted by molar-refractivity contribution is 7.27. The minimum absolute atomic E-state index is 0.643. The minimum atomic E-state index is 0.643. The molecule has 0 radical (unpaired) electrons. The van der Waals surface area contributed by atoms with Gasteiger partial charge in [0.15, 0.2) is 17.5 Å². The van der Waals surface area contributed by atoms with Crippen LogP contribution in [0.5, 0.6) is 0 Å². The first-order valence-corrected chi connectivity index (χ1v) is 20.9. The second-order valence-electron chi connectivity index (χ2n) is 14.5. The summed E-state index contributed by atoms with van der Waals surface area (Å²) in [6.07, 6.45) is 0. The molecule has 0 fully saturated rings. The van der Waals surface area contributed by atoms with Crippen LogP contribution in [0, 0.1) is 0 Å². The molecule has 0 saturated heterocycles. The van der Waals surface area contributed by atoms with Crippen molar-refractivity contribution < 1.29 is 0 Å². The van der Waals surface area contributed by atoms with E-state index in [9.17, 15) is 0 Å². The summed E-state index contributed by atoms with van der Waals surface area (Å²) in [5, 5.41) is 8.48. The number of para-hydroxylation sites is 1. The summed E-state index contributed by atoms with van der Waals surface area (Å²) in [4.78, 5) is 20.7. The summed E-state index contributed by atoms with van der Waals surface area (Å²) >= 11 is 3.67. The molecule has 0 atom stereocenters. The monoisotopic (exact) mass is 774 g/mol. The molecule has 8 aromatic carbocycles. The minimum Gasteiger partial charge on any atom is -0.247 e. The molecular weight excluding hydrogens is 745 g/mol. The highest BCUT2D eigenvalue weighted by Gasteiger charge is 2.20. The van der Waals surface area contributed by atoms with Crippen molar-refractivity contribution in [2.24, 2.45) is 0 Å². The number of pyridine rings is 1. The maximum absolute atomic E-state index is 5.24. The lowest BCUT2D eigenvalue weighted by Crippen LogP contribution is -2.00. The zero-order chi connectivity index (χ0) is 38.2. The molecule has 12 aromatic rings. The number of rotatable bonds is 5. The molecule has 0 amide bonds.